The molecule has 0 fully saturated rings. The molecule has 7 heteroatoms. The summed E-state index contributed by atoms with van der Waals surface area (Å²) in [5.41, 5.74) is 6.46. The summed E-state index contributed by atoms with van der Waals surface area (Å²) in [6, 6.07) is 15.0. The number of nitrogens with zero attached hydrogens (tertiary/aromatic N) is 1. The van der Waals surface area contributed by atoms with Gasteiger partial charge in [0.1, 0.15) is 5.75 Å². The SMILES string of the molecule is COc1ccc2c(c1)C(CC(=O)NCc1ccccn1)=C(C)C2=Cc1cc(OC)c(O)c(OC)c1. The molecule has 0 bridgehead atoms. The normalized spacial score (nSPS) is 13.5. The molecular formula is C28H28N2O5. The van der Waals surface area contributed by atoms with Crippen molar-refractivity contribution in [3.63, 3.8) is 0 Å². The minimum absolute atomic E-state index is 0.0498. The van der Waals surface area contributed by atoms with E-state index in [-0.39, 0.29) is 18.1 Å². The van der Waals surface area contributed by atoms with Gasteiger partial charge >= 0.3 is 0 Å². The van der Waals surface area contributed by atoms with Crippen molar-refractivity contribution in [1.29, 1.82) is 0 Å². The standard InChI is InChI=1S/C28H28N2O5/c1-17-22(11-18-12-25(34-3)28(32)26(13-18)35-4)21-9-8-20(33-2)14-24(21)23(17)15-27(31)30-16-19-7-5-6-10-29-19/h5-14,32H,15-16H2,1-4H3,(H,30,31). The second kappa shape index (κ2) is 10.3. The molecule has 1 heterocycles. The van der Waals surface area contributed by atoms with E-state index in [0.717, 1.165) is 44.9 Å². The van der Waals surface area contributed by atoms with Crippen LogP contribution in [0.4, 0.5) is 0 Å². The summed E-state index contributed by atoms with van der Waals surface area (Å²) < 4.78 is 16.1. The first-order chi connectivity index (χ1) is 16.9. The number of allylic oxidation sites excluding steroid dienone is 2. The number of hydrogen-bond donors (Lipinski definition) is 2. The van der Waals surface area contributed by atoms with Crippen LogP contribution in [0.25, 0.3) is 17.2 Å². The van der Waals surface area contributed by atoms with Gasteiger partial charge in [0, 0.05) is 6.20 Å². The third-order valence-corrected chi connectivity index (χ3v) is 6.04. The molecule has 0 spiro atoms. The minimum Gasteiger partial charge on any atom is -0.502 e. The molecule has 1 aliphatic carbocycles. The fraction of sp³-hybridized carbons (Fsp3) is 0.214. The smallest absolute Gasteiger partial charge is 0.224 e. The topological polar surface area (TPSA) is 89.9 Å². The quantitative estimate of drug-likeness (QED) is 0.487. The Labute approximate surface area is 204 Å². The summed E-state index contributed by atoms with van der Waals surface area (Å²) in [4.78, 5) is 17.1. The highest BCUT2D eigenvalue weighted by molar-refractivity contribution is 6.08. The van der Waals surface area contributed by atoms with Crippen LogP contribution < -0.4 is 19.5 Å². The highest BCUT2D eigenvalue weighted by atomic mass is 16.5. The molecule has 0 aliphatic heterocycles. The average Bonchev–Trinajstić information content (AvgIpc) is 3.13. The number of nitrogens with one attached hydrogen (secondary N) is 1. The second-order valence-corrected chi connectivity index (χ2v) is 8.12. The highest BCUT2D eigenvalue weighted by Gasteiger charge is 2.26. The maximum absolute atomic E-state index is 12.9. The number of methoxy groups -OCH3 is 3. The maximum atomic E-state index is 12.9. The third kappa shape index (κ3) is 4.99. The van der Waals surface area contributed by atoms with Crippen molar-refractivity contribution < 1.29 is 24.1 Å². The number of amides is 1. The zero-order chi connectivity index (χ0) is 24.9. The molecule has 2 N–H and O–H groups in total. The fourth-order valence-electron chi connectivity index (χ4n) is 4.19. The monoisotopic (exact) mass is 472 g/mol. The zero-order valence-corrected chi connectivity index (χ0v) is 20.2. The number of fused-ring (bicyclic) bond motifs is 1. The number of carbonyl (C=O) groups excluding carboxylic acids is 1. The third-order valence-electron chi connectivity index (χ3n) is 6.04. The Morgan fingerprint density at radius 3 is 2.37 bits per heavy atom. The first-order valence-corrected chi connectivity index (χ1v) is 11.2. The van der Waals surface area contributed by atoms with Crippen LogP contribution in [-0.2, 0) is 11.3 Å². The summed E-state index contributed by atoms with van der Waals surface area (Å²) >= 11 is 0. The van der Waals surface area contributed by atoms with Crippen molar-refractivity contribution in [1.82, 2.24) is 10.3 Å². The van der Waals surface area contributed by atoms with Gasteiger partial charge in [-0.2, -0.15) is 0 Å². The predicted molar refractivity (Wildman–Crippen MR) is 135 cm³/mol. The van der Waals surface area contributed by atoms with Gasteiger partial charge in [0.25, 0.3) is 0 Å². The lowest BCUT2D eigenvalue weighted by Crippen LogP contribution is -2.23. The minimum atomic E-state index is -0.0898. The number of phenolic OH excluding ortho intramolecular Hbond substituents is 1. The summed E-state index contributed by atoms with van der Waals surface area (Å²) in [5.74, 6) is 1.22. The van der Waals surface area contributed by atoms with E-state index in [1.54, 1.807) is 25.4 Å². The van der Waals surface area contributed by atoms with Crippen molar-refractivity contribution in [2.24, 2.45) is 0 Å². The van der Waals surface area contributed by atoms with Gasteiger partial charge in [-0.15, -0.1) is 0 Å². The Kier molecular flexibility index (Phi) is 7.06. The molecule has 0 saturated carbocycles. The van der Waals surface area contributed by atoms with Crippen LogP contribution in [-0.4, -0.2) is 37.3 Å². The zero-order valence-electron chi connectivity index (χ0n) is 20.2. The number of aromatic nitrogens is 1. The molecule has 1 amide bonds. The van der Waals surface area contributed by atoms with E-state index in [0.29, 0.717) is 18.0 Å². The van der Waals surface area contributed by atoms with Gasteiger partial charge in [-0.05, 0) is 82.8 Å². The van der Waals surface area contributed by atoms with Crippen molar-refractivity contribution in [3.8, 4) is 23.0 Å². The molecule has 1 aliphatic rings. The van der Waals surface area contributed by atoms with Crippen LogP contribution in [0, 0.1) is 0 Å². The van der Waals surface area contributed by atoms with Gasteiger partial charge in [0.15, 0.2) is 11.5 Å². The van der Waals surface area contributed by atoms with Gasteiger partial charge in [0.2, 0.25) is 11.7 Å². The van der Waals surface area contributed by atoms with Crippen molar-refractivity contribution in [2.45, 2.75) is 19.9 Å². The maximum Gasteiger partial charge on any atom is 0.224 e. The van der Waals surface area contributed by atoms with E-state index in [1.165, 1.54) is 14.2 Å². The molecule has 0 atom stereocenters. The largest absolute Gasteiger partial charge is 0.502 e. The van der Waals surface area contributed by atoms with Crippen molar-refractivity contribution in [2.75, 3.05) is 21.3 Å². The first-order valence-electron chi connectivity index (χ1n) is 11.2. The van der Waals surface area contributed by atoms with E-state index < -0.39 is 0 Å². The van der Waals surface area contributed by atoms with Gasteiger partial charge in [-0.25, -0.2) is 0 Å². The van der Waals surface area contributed by atoms with E-state index in [9.17, 15) is 9.90 Å². The molecule has 1 aromatic heterocycles. The average molecular weight is 473 g/mol. The fourth-order valence-corrected chi connectivity index (χ4v) is 4.19. The number of rotatable bonds is 8. The van der Waals surface area contributed by atoms with Crippen LogP contribution in [0.2, 0.25) is 0 Å². The van der Waals surface area contributed by atoms with Crippen LogP contribution >= 0.6 is 0 Å². The van der Waals surface area contributed by atoms with Crippen LogP contribution in [0.3, 0.4) is 0 Å². The van der Waals surface area contributed by atoms with E-state index >= 15 is 0 Å². The Morgan fingerprint density at radius 2 is 1.74 bits per heavy atom. The molecule has 0 unspecified atom stereocenters. The summed E-state index contributed by atoms with van der Waals surface area (Å²) in [7, 11) is 4.61. The van der Waals surface area contributed by atoms with Gasteiger partial charge < -0.3 is 24.6 Å². The number of aromatic hydroxyl groups is 1. The van der Waals surface area contributed by atoms with Crippen molar-refractivity contribution >= 4 is 23.1 Å². The van der Waals surface area contributed by atoms with Gasteiger partial charge in [-0.1, -0.05) is 12.1 Å². The summed E-state index contributed by atoms with van der Waals surface area (Å²) in [5, 5.41) is 13.2. The number of ether oxygens (including phenoxy) is 3. The molecule has 3 aromatic rings. The van der Waals surface area contributed by atoms with Crippen LogP contribution in [0.5, 0.6) is 23.0 Å². The van der Waals surface area contributed by atoms with Gasteiger partial charge in [-0.3, -0.25) is 9.78 Å². The Hall–Kier alpha value is -4.26. The second-order valence-electron chi connectivity index (χ2n) is 8.12. The summed E-state index contributed by atoms with van der Waals surface area (Å²) in [6.07, 6.45) is 3.93. The lowest BCUT2D eigenvalue weighted by molar-refractivity contribution is -0.120. The van der Waals surface area contributed by atoms with Crippen LogP contribution in [0.1, 0.15) is 35.7 Å². The number of carbonyl (C=O) groups is 1. The lowest BCUT2D eigenvalue weighted by atomic mass is 10.00. The molecule has 0 radical (unpaired) electrons. The molecule has 7 nitrogen and oxygen atoms in total. The summed E-state index contributed by atoms with van der Waals surface area (Å²) in [6.45, 7) is 2.38. The van der Waals surface area contributed by atoms with E-state index in [1.807, 2.05) is 49.4 Å². The predicted octanol–water partition coefficient (Wildman–Crippen LogP) is 4.85. The molecule has 4 rings (SSSR count). The Bertz CT molecular complexity index is 1290. The number of benzene rings is 2. The van der Waals surface area contributed by atoms with Crippen LogP contribution in [0.15, 0.2) is 60.3 Å². The van der Waals surface area contributed by atoms with E-state index in [4.69, 9.17) is 14.2 Å². The van der Waals surface area contributed by atoms with E-state index in [2.05, 4.69) is 10.3 Å². The molecule has 180 valence electrons. The number of phenols is 1. The molecule has 0 saturated heterocycles. The number of pyridine rings is 1. The molecular weight excluding hydrogens is 444 g/mol. The number of hydrogen-bond acceptors (Lipinski definition) is 6. The lowest BCUT2D eigenvalue weighted by Gasteiger charge is -2.11. The Balaban J connectivity index is 1.70. The molecule has 35 heavy (non-hydrogen) atoms. The highest BCUT2D eigenvalue weighted by Crippen LogP contribution is 2.46. The first kappa shape index (κ1) is 23.9. The van der Waals surface area contributed by atoms with Crippen molar-refractivity contribution in [3.05, 3.63) is 82.7 Å². The Morgan fingerprint density at radius 1 is 1.00 bits per heavy atom. The molecule has 2 aromatic carbocycles. The van der Waals surface area contributed by atoms with Gasteiger partial charge in [0.05, 0.1) is 40.0 Å².